The number of benzene rings is 1. The number of nitrogen functional groups attached to an aromatic ring is 1. The lowest BCUT2D eigenvalue weighted by Gasteiger charge is -2.35. The number of aromatic nitrogens is 2. The molecule has 5 heteroatoms. The van der Waals surface area contributed by atoms with Crippen molar-refractivity contribution < 1.29 is 9.24 Å². The van der Waals surface area contributed by atoms with E-state index < -0.39 is 7.14 Å². The summed E-state index contributed by atoms with van der Waals surface area (Å²) in [5, 5.41) is 0.958. The quantitative estimate of drug-likeness (QED) is 0.522. The topological polar surface area (TPSA) is 51.9 Å². The normalized spacial score (nSPS) is 22.3. The van der Waals surface area contributed by atoms with Gasteiger partial charge >= 0.3 is 5.57 Å². The van der Waals surface area contributed by atoms with Gasteiger partial charge in [0.25, 0.3) is 0 Å². The van der Waals surface area contributed by atoms with E-state index in [4.69, 9.17) is 5.84 Å². The second-order valence-electron chi connectivity index (χ2n) is 7.58. The van der Waals surface area contributed by atoms with E-state index in [9.17, 15) is 4.57 Å². The Morgan fingerprint density at radius 3 is 2.35 bits per heavy atom. The Bertz CT molecular complexity index is 818. The van der Waals surface area contributed by atoms with E-state index >= 15 is 0 Å². The van der Waals surface area contributed by atoms with Gasteiger partial charge in [-0.25, -0.2) is 4.57 Å². The minimum atomic E-state index is -2.80. The van der Waals surface area contributed by atoms with E-state index in [-0.39, 0.29) is 17.1 Å². The highest BCUT2D eigenvalue weighted by atomic mass is 31.2. The van der Waals surface area contributed by atoms with Crippen molar-refractivity contribution in [3.8, 4) is 0 Å². The number of imidazole rings is 1. The van der Waals surface area contributed by atoms with Crippen LogP contribution in [0.5, 0.6) is 0 Å². The van der Waals surface area contributed by atoms with Gasteiger partial charge in [-0.05, 0) is 13.8 Å². The summed E-state index contributed by atoms with van der Waals surface area (Å²) in [4.78, 5) is 0. The Hall–Kier alpha value is -1.54. The highest BCUT2D eigenvalue weighted by molar-refractivity contribution is 7.78. The Balaban J connectivity index is 2.47. The molecule has 1 aliphatic heterocycles. The first-order chi connectivity index (χ1) is 10.6. The van der Waals surface area contributed by atoms with Gasteiger partial charge in [0, 0.05) is 22.4 Å². The summed E-state index contributed by atoms with van der Waals surface area (Å²) >= 11 is 0. The van der Waals surface area contributed by atoms with Gasteiger partial charge in [0.05, 0.1) is 0 Å². The predicted molar refractivity (Wildman–Crippen MR) is 95.7 cm³/mol. The van der Waals surface area contributed by atoms with Crippen LogP contribution >= 0.6 is 7.14 Å². The predicted octanol–water partition coefficient (Wildman–Crippen LogP) is 2.43. The van der Waals surface area contributed by atoms with E-state index in [1.807, 2.05) is 32.0 Å². The van der Waals surface area contributed by atoms with Crippen molar-refractivity contribution in [2.45, 2.75) is 58.7 Å². The molecule has 0 radical (unpaired) electrons. The lowest BCUT2D eigenvalue weighted by molar-refractivity contribution is -0.628. The SMILES string of the molecule is CC(C)c1cn2c([n+]1N)P(=O)(C(C)C)c1ccccc1C2(C)C. The molecular weight excluding hydrogens is 305 g/mol. The Morgan fingerprint density at radius 2 is 1.78 bits per heavy atom. The van der Waals surface area contributed by atoms with Crippen LogP contribution in [0.15, 0.2) is 30.5 Å². The van der Waals surface area contributed by atoms with Gasteiger partial charge in [0.2, 0.25) is 7.14 Å². The number of nitrogens with zero attached hydrogens (tertiary/aromatic N) is 2. The third-order valence-electron chi connectivity index (χ3n) is 5.11. The number of fused-ring (bicyclic) bond motifs is 2. The Kier molecular flexibility index (Phi) is 3.53. The lowest BCUT2D eigenvalue weighted by Crippen LogP contribution is -2.64. The average molecular weight is 332 g/mol. The maximum atomic E-state index is 14.2. The van der Waals surface area contributed by atoms with Crippen molar-refractivity contribution in [3.63, 3.8) is 0 Å². The fourth-order valence-corrected chi connectivity index (χ4v) is 6.98. The van der Waals surface area contributed by atoms with Crippen molar-refractivity contribution in [3.05, 3.63) is 41.7 Å². The second-order valence-corrected chi connectivity index (χ2v) is 10.8. The van der Waals surface area contributed by atoms with Crippen molar-refractivity contribution >= 4 is 18.0 Å². The maximum Gasteiger partial charge on any atom is 0.343 e. The molecular formula is C18H27N3OP+. The van der Waals surface area contributed by atoms with E-state index in [1.165, 1.54) is 0 Å². The summed E-state index contributed by atoms with van der Waals surface area (Å²) < 4.78 is 18.0. The van der Waals surface area contributed by atoms with Crippen LogP contribution in [0, 0.1) is 0 Å². The molecule has 0 fully saturated rings. The van der Waals surface area contributed by atoms with E-state index in [1.54, 1.807) is 4.68 Å². The minimum Gasteiger partial charge on any atom is -0.305 e. The lowest BCUT2D eigenvalue weighted by atomic mass is 9.93. The molecule has 0 amide bonds. The van der Waals surface area contributed by atoms with Crippen LogP contribution in [0.1, 0.15) is 58.7 Å². The van der Waals surface area contributed by atoms with Crippen LogP contribution in [0.25, 0.3) is 0 Å². The largest absolute Gasteiger partial charge is 0.343 e. The molecule has 0 saturated carbocycles. The molecule has 2 heterocycles. The summed E-state index contributed by atoms with van der Waals surface area (Å²) in [7, 11) is -2.80. The van der Waals surface area contributed by atoms with Gasteiger partial charge in [-0.15, -0.1) is 4.68 Å². The zero-order valence-electron chi connectivity index (χ0n) is 14.9. The molecule has 1 unspecified atom stereocenters. The third-order valence-corrected chi connectivity index (χ3v) is 8.70. The van der Waals surface area contributed by atoms with Crippen LogP contribution in [0.3, 0.4) is 0 Å². The first-order valence-corrected chi connectivity index (χ1v) is 10.0. The fraction of sp³-hybridized carbons (Fsp3) is 0.500. The molecule has 0 bridgehead atoms. The van der Waals surface area contributed by atoms with Crippen molar-refractivity contribution in [2.75, 3.05) is 5.84 Å². The molecule has 2 aromatic rings. The van der Waals surface area contributed by atoms with Crippen LogP contribution < -0.4 is 21.4 Å². The number of hydrogen-bond donors (Lipinski definition) is 1. The van der Waals surface area contributed by atoms with Crippen LogP contribution in [0.4, 0.5) is 0 Å². The molecule has 1 aliphatic rings. The minimum absolute atomic E-state index is 0.00297. The molecule has 3 rings (SSSR count). The van der Waals surface area contributed by atoms with Gasteiger partial charge < -0.3 is 4.57 Å². The van der Waals surface area contributed by atoms with Gasteiger partial charge in [-0.2, -0.15) is 0 Å². The highest BCUT2D eigenvalue weighted by Gasteiger charge is 2.54. The Morgan fingerprint density at radius 1 is 1.17 bits per heavy atom. The van der Waals surface area contributed by atoms with Gasteiger partial charge in [-0.1, -0.05) is 52.0 Å². The molecule has 1 aromatic heterocycles. The molecule has 124 valence electrons. The van der Waals surface area contributed by atoms with Crippen LogP contribution in [-0.4, -0.2) is 10.2 Å². The number of rotatable bonds is 2. The molecule has 1 atom stereocenters. The van der Waals surface area contributed by atoms with Gasteiger partial charge in [-0.3, -0.25) is 5.84 Å². The zero-order valence-corrected chi connectivity index (χ0v) is 15.8. The first kappa shape index (κ1) is 16.3. The van der Waals surface area contributed by atoms with E-state index in [0.29, 0.717) is 0 Å². The van der Waals surface area contributed by atoms with E-state index in [0.717, 1.165) is 22.1 Å². The highest BCUT2D eigenvalue weighted by Crippen LogP contribution is 2.53. The standard InChI is InChI=1S/C18H27N3OP/c1-12(2)15-11-20-17(21(15)19)23(22,13(3)4)16-10-8-7-9-14(16)18(20,5)6/h7-13H,19H2,1-6H3/q+1. The summed E-state index contributed by atoms with van der Waals surface area (Å²) in [5.74, 6) is 6.72. The van der Waals surface area contributed by atoms with Gasteiger partial charge in [0.15, 0.2) is 5.69 Å². The van der Waals surface area contributed by atoms with Crippen LogP contribution in [-0.2, 0) is 10.1 Å². The summed E-state index contributed by atoms with van der Waals surface area (Å²) in [6, 6.07) is 8.12. The zero-order chi connectivity index (χ0) is 17.2. The summed E-state index contributed by atoms with van der Waals surface area (Å²) in [6.07, 6.45) is 2.09. The van der Waals surface area contributed by atoms with Gasteiger partial charge in [0.1, 0.15) is 11.7 Å². The smallest absolute Gasteiger partial charge is 0.305 e. The van der Waals surface area contributed by atoms with Crippen molar-refractivity contribution in [1.29, 1.82) is 0 Å². The monoisotopic (exact) mass is 332 g/mol. The molecule has 23 heavy (non-hydrogen) atoms. The molecule has 0 aliphatic carbocycles. The second kappa shape index (κ2) is 4.98. The molecule has 0 saturated heterocycles. The summed E-state index contributed by atoms with van der Waals surface area (Å²) in [5.41, 5.74) is 2.64. The average Bonchev–Trinajstić information content (AvgIpc) is 2.84. The van der Waals surface area contributed by atoms with Crippen molar-refractivity contribution in [1.82, 2.24) is 4.57 Å². The first-order valence-electron chi connectivity index (χ1n) is 8.26. The fourth-order valence-electron chi connectivity index (χ4n) is 3.67. The van der Waals surface area contributed by atoms with Crippen LogP contribution in [0.2, 0.25) is 0 Å². The number of nitrogens with two attached hydrogens (primary N) is 1. The maximum absolute atomic E-state index is 14.2. The Labute approximate surface area is 138 Å². The molecule has 2 N–H and O–H groups in total. The third kappa shape index (κ3) is 1.97. The molecule has 0 spiro atoms. The number of hydrogen-bond acceptors (Lipinski definition) is 2. The summed E-state index contributed by atoms with van der Waals surface area (Å²) in [6.45, 7) is 12.6. The van der Waals surface area contributed by atoms with Crippen molar-refractivity contribution in [2.24, 2.45) is 0 Å². The molecule has 1 aromatic carbocycles. The van der Waals surface area contributed by atoms with E-state index in [2.05, 4.69) is 44.5 Å². The molecule has 4 nitrogen and oxygen atoms in total.